The maximum atomic E-state index is 15.2. The summed E-state index contributed by atoms with van der Waals surface area (Å²) in [7, 11) is 0. The number of benzene rings is 2. The van der Waals surface area contributed by atoms with Crippen molar-refractivity contribution < 1.29 is 26.7 Å². The molecule has 2 heterocycles. The summed E-state index contributed by atoms with van der Waals surface area (Å²) in [6.07, 6.45) is 6.32. The van der Waals surface area contributed by atoms with Crippen molar-refractivity contribution in [3.05, 3.63) is 59.7 Å². The molecule has 0 unspecified atom stereocenters. The van der Waals surface area contributed by atoms with Crippen molar-refractivity contribution in [1.29, 1.82) is 0 Å². The monoisotopic (exact) mass is 475 g/mol. The number of nitrogen functional groups attached to an aromatic ring is 1. The first-order chi connectivity index (χ1) is 16.3. The Kier molecular flexibility index (Phi) is 5.54. The topological polar surface area (TPSA) is 78.8 Å². The van der Waals surface area contributed by atoms with E-state index in [2.05, 4.69) is 15.1 Å². The quantitative estimate of drug-likeness (QED) is 0.286. The molecule has 2 N–H and O–H groups in total. The van der Waals surface area contributed by atoms with Crippen LogP contribution in [-0.4, -0.2) is 19.7 Å². The van der Waals surface area contributed by atoms with Gasteiger partial charge in [0.05, 0.1) is 11.4 Å². The fourth-order valence-electron chi connectivity index (χ4n) is 4.27. The largest absolute Gasteiger partial charge is 0.451 e. The Labute approximate surface area is 190 Å². The van der Waals surface area contributed by atoms with Crippen molar-refractivity contribution in [1.82, 2.24) is 19.7 Å². The van der Waals surface area contributed by atoms with E-state index in [0.717, 1.165) is 38.2 Å². The zero-order valence-electron chi connectivity index (χ0n) is 17.7. The third kappa shape index (κ3) is 3.70. The first-order valence-corrected chi connectivity index (χ1v) is 10.6. The van der Waals surface area contributed by atoms with Gasteiger partial charge in [-0.2, -0.15) is 13.9 Å². The summed E-state index contributed by atoms with van der Waals surface area (Å²) in [5.41, 5.74) is 6.79. The van der Waals surface area contributed by atoms with Gasteiger partial charge in [-0.05, 0) is 25.0 Å². The average molecular weight is 475 g/mol. The number of rotatable bonds is 4. The molecule has 0 saturated heterocycles. The van der Waals surface area contributed by atoms with Gasteiger partial charge in [-0.1, -0.05) is 19.3 Å². The van der Waals surface area contributed by atoms with Crippen LogP contribution in [-0.2, 0) is 0 Å². The number of fused-ring (bicyclic) bond motifs is 1. The molecule has 2 aromatic heterocycles. The van der Waals surface area contributed by atoms with Gasteiger partial charge in [-0.25, -0.2) is 27.8 Å². The van der Waals surface area contributed by atoms with Gasteiger partial charge in [-0.3, -0.25) is 0 Å². The van der Waals surface area contributed by atoms with Crippen LogP contribution in [0.4, 0.5) is 27.8 Å². The van der Waals surface area contributed by atoms with E-state index in [1.54, 1.807) is 4.68 Å². The summed E-state index contributed by atoms with van der Waals surface area (Å²) in [5.74, 6) is -9.15. The number of halogens is 5. The molecule has 0 spiro atoms. The molecule has 176 valence electrons. The van der Waals surface area contributed by atoms with Crippen LogP contribution in [0.15, 0.2) is 30.6 Å². The molecular weight excluding hydrogens is 457 g/mol. The second-order valence-electron chi connectivity index (χ2n) is 8.08. The lowest BCUT2D eigenvalue weighted by Gasteiger charge is -2.22. The van der Waals surface area contributed by atoms with Crippen molar-refractivity contribution in [2.75, 3.05) is 5.73 Å². The van der Waals surface area contributed by atoms with Crippen LogP contribution in [0, 0.1) is 29.1 Å². The molecule has 4 aromatic rings. The van der Waals surface area contributed by atoms with Crippen molar-refractivity contribution in [2.45, 2.75) is 38.1 Å². The zero-order chi connectivity index (χ0) is 24.0. The molecule has 0 amide bonds. The van der Waals surface area contributed by atoms with E-state index < -0.39 is 34.8 Å². The van der Waals surface area contributed by atoms with E-state index in [4.69, 9.17) is 10.5 Å². The van der Waals surface area contributed by atoms with Gasteiger partial charge in [0.2, 0.25) is 17.4 Å². The second-order valence-corrected chi connectivity index (χ2v) is 8.08. The number of aromatic nitrogens is 4. The summed E-state index contributed by atoms with van der Waals surface area (Å²) >= 11 is 0. The van der Waals surface area contributed by atoms with Crippen LogP contribution < -0.4 is 10.5 Å². The molecule has 11 heteroatoms. The Bertz CT molecular complexity index is 1370. The highest BCUT2D eigenvalue weighted by molar-refractivity contribution is 5.98. The molecule has 2 aromatic carbocycles. The normalized spacial score (nSPS) is 14.6. The Morgan fingerprint density at radius 3 is 2.26 bits per heavy atom. The lowest BCUT2D eigenvalue weighted by molar-refractivity contribution is 0.336. The first kappa shape index (κ1) is 22.1. The molecule has 0 aliphatic heterocycles. The van der Waals surface area contributed by atoms with E-state index in [1.165, 1.54) is 18.5 Å². The van der Waals surface area contributed by atoms with Crippen LogP contribution in [0.2, 0.25) is 0 Å². The predicted octanol–water partition coefficient (Wildman–Crippen LogP) is 6.07. The molecule has 34 heavy (non-hydrogen) atoms. The molecule has 0 bridgehead atoms. The molecule has 0 radical (unpaired) electrons. The minimum absolute atomic E-state index is 0.0276. The van der Waals surface area contributed by atoms with Gasteiger partial charge in [0.25, 0.3) is 0 Å². The van der Waals surface area contributed by atoms with E-state index >= 15 is 4.39 Å². The van der Waals surface area contributed by atoms with E-state index in [1.807, 2.05) is 0 Å². The van der Waals surface area contributed by atoms with Crippen LogP contribution >= 0.6 is 0 Å². The Balaban J connectivity index is 1.57. The highest BCUT2D eigenvalue weighted by Gasteiger charge is 2.26. The Morgan fingerprint density at radius 2 is 1.59 bits per heavy atom. The first-order valence-electron chi connectivity index (χ1n) is 10.6. The van der Waals surface area contributed by atoms with E-state index in [-0.39, 0.29) is 34.9 Å². The van der Waals surface area contributed by atoms with Crippen molar-refractivity contribution in [3.8, 4) is 22.8 Å². The van der Waals surface area contributed by atoms with Crippen LogP contribution in [0.5, 0.6) is 11.5 Å². The summed E-state index contributed by atoms with van der Waals surface area (Å²) < 4.78 is 76.6. The van der Waals surface area contributed by atoms with Crippen molar-refractivity contribution >= 4 is 16.9 Å². The fourth-order valence-corrected chi connectivity index (χ4v) is 4.27. The average Bonchev–Trinajstić information content (AvgIpc) is 3.22. The minimum atomic E-state index is -1.73. The maximum absolute atomic E-state index is 15.2. The maximum Gasteiger partial charge on any atom is 0.204 e. The molecule has 1 aliphatic carbocycles. The Morgan fingerprint density at radius 1 is 0.882 bits per heavy atom. The number of nitrogens with zero attached hydrogens (tertiary/aromatic N) is 4. The van der Waals surface area contributed by atoms with Crippen molar-refractivity contribution in [3.63, 3.8) is 0 Å². The highest BCUT2D eigenvalue weighted by Crippen LogP contribution is 2.38. The second kappa shape index (κ2) is 8.54. The van der Waals surface area contributed by atoms with E-state index in [0.29, 0.717) is 11.0 Å². The molecule has 1 saturated carbocycles. The van der Waals surface area contributed by atoms with Gasteiger partial charge in [0.15, 0.2) is 17.3 Å². The van der Waals surface area contributed by atoms with Gasteiger partial charge in [0.1, 0.15) is 29.4 Å². The lowest BCUT2D eigenvalue weighted by atomic mass is 9.96. The predicted molar refractivity (Wildman–Crippen MR) is 114 cm³/mol. The molecule has 5 rings (SSSR count). The molecule has 1 aliphatic rings. The number of hydrogen-bond acceptors (Lipinski definition) is 5. The standard InChI is InChI=1S/C23H18F5N5O/c24-14-8-12(34-21-18(27)15(25)9-16(26)19(21)28)6-7-13(14)20-17-22(29)30-10-31-23(17)33(32-20)11-4-2-1-3-5-11/h6-11H,1-5H2,(H2,29,30,31). The number of hydrogen-bond donors (Lipinski definition) is 1. The van der Waals surface area contributed by atoms with Gasteiger partial charge in [-0.15, -0.1) is 0 Å². The molecule has 1 fully saturated rings. The summed E-state index contributed by atoms with van der Waals surface area (Å²) in [6.45, 7) is 0. The number of ether oxygens (including phenoxy) is 1. The lowest BCUT2D eigenvalue weighted by Crippen LogP contribution is -2.14. The fraction of sp³-hybridized carbons (Fsp3) is 0.261. The molecule has 0 atom stereocenters. The SMILES string of the molecule is Nc1ncnc2c1c(-c1ccc(Oc3c(F)c(F)cc(F)c3F)cc1F)nn2C1CCCCC1. The Hall–Kier alpha value is -3.76. The third-order valence-electron chi connectivity index (χ3n) is 5.93. The van der Waals surface area contributed by atoms with Crippen molar-refractivity contribution in [2.24, 2.45) is 0 Å². The smallest absolute Gasteiger partial charge is 0.204 e. The summed E-state index contributed by atoms with van der Waals surface area (Å²) in [5, 5.41) is 4.98. The van der Waals surface area contributed by atoms with Gasteiger partial charge < -0.3 is 10.5 Å². The molecule has 6 nitrogen and oxygen atoms in total. The van der Waals surface area contributed by atoms with Gasteiger partial charge in [0, 0.05) is 17.7 Å². The highest BCUT2D eigenvalue weighted by atomic mass is 19.2. The summed E-state index contributed by atoms with van der Waals surface area (Å²) in [4.78, 5) is 8.31. The summed E-state index contributed by atoms with van der Waals surface area (Å²) in [6, 6.07) is 3.45. The minimum Gasteiger partial charge on any atom is -0.451 e. The molecular formula is C23H18F5N5O. The zero-order valence-corrected chi connectivity index (χ0v) is 17.7. The van der Waals surface area contributed by atoms with Gasteiger partial charge >= 0.3 is 0 Å². The van der Waals surface area contributed by atoms with Crippen LogP contribution in [0.3, 0.4) is 0 Å². The number of anilines is 1. The van der Waals surface area contributed by atoms with E-state index in [9.17, 15) is 17.6 Å². The third-order valence-corrected chi connectivity index (χ3v) is 5.93. The van der Waals surface area contributed by atoms with Crippen LogP contribution in [0.1, 0.15) is 38.1 Å². The van der Waals surface area contributed by atoms with Crippen LogP contribution in [0.25, 0.3) is 22.3 Å². The number of nitrogens with two attached hydrogens (primary N) is 1.